The number of hydrogen-bond donors (Lipinski definition) is 2. The zero-order valence-corrected chi connectivity index (χ0v) is 12.7. The van der Waals surface area contributed by atoms with E-state index in [0.29, 0.717) is 5.82 Å². The van der Waals surface area contributed by atoms with E-state index in [-0.39, 0.29) is 5.95 Å². The van der Waals surface area contributed by atoms with Gasteiger partial charge in [-0.1, -0.05) is 0 Å². The molecule has 0 amide bonds. The first-order valence-electron chi connectivity index (χ1n) is 6.93. The van der Waals surface area contributed by atoms with E-state index in [2.05, 4.69) is 25.4 Å². The summed E-state index contributed by atoms with van der Waals surface area (Å²) in [7, 11) is 1.80. The molecule has 112 valence electrons. The Morgan fingerprint density at radius 3 is 2.77 bits per heavy atom. The lowest BCUT2D eigenvalue weighted by Crippen LogP contribution is -2.05. The molecule has 3 N–H and O–H groups in total. The first-order valence-corrected chi connectivity index (χ1v) is 6.93. The van der Waals surface area contributed by atoms with Crippen molar-refractivity contribution in [2.24, 2.45) is 4.99 Å². The van der Waals surface area contributed by atoms with Gasteiger partial charge >= 0.3 is 0 Å². The van der Waals surface area contributed by atoms with Crippen molar-refractivity contribution in [3.05, 3.63) is 30.1 Å². The van der Waals surface area contributed by atoms with Crippen molar-refractivity contribution in [2.45, 2.75) is 13.8 Å². The molecule has 0 aliphatic carbocycles. The zero-order chi connectivity index (χ0) is 15.7. The molecule has 0 aliphatic heterocycles. The van der Waals surface area contributed by atoms with E-state index >= 15 is 0 Å². The molecule has 0 saturated heterocycles. The molecule has 3 aromatic rings. The maximum absolute atomic E-state index is 5.71. The van der Waals surface area contributed by atoms with Gasteiger partial charge in [-0.3, -0.25) is 9.98 Å². The Kier molecular flexibility index (Phi) is 3.46. The molecule has 3 rings (SSSR count). The molecule has 0 bridgehead atoms. The summed E-state index contributed by atoms with van der Waals surface area (Å²) in [5.41, 5.74) is 10.1. The monoisotopic (exact) mass is 295 g/mol. The lowest BCUT2D eigenvalue weighted by atomic mass is 10.1. The van der Waals surface area contributed by atoms with Gasteiger partial charge in [0.1, 0.15) is 5.52 Å². The van der Waals surface area contributed by atoms with Gasteiger partial charge in [-0.2, -0.15) is 4.98 Å². The van der Waals surface area contributed by atoms with Crippen molar-refractivity contribution >= 4 is 29.2 Å². The number of pyridine rings is 1. The topological polar surface area (TPSA) is 93.5 Å². The number of nitrogens with zero attached hydrogens (tertiary/aromatic N) is 5. The van der Waals surface area contributed by atoms with Crippen LogP contribution in [0.3, 0.4) is 0 Å². The van der Waals surface area contributed by atoms with Gasteiger partial charge in [0, 0.05) is 25.0 Å². The van der Waals surface area contributed by atoms with Crippen LogP contribution in [0.4, 0.5) is 17.5 Å². The lowest BCUT2D eigenvalue weighted by molar-refractivity contribution is 0.919. The average molecular weight is 295 g/mol. The predicted octanol–water partition coefficient (Wildman–Crippen LogP) is 2.45. The Morgan fingerprint density at radius 1 is 1.27 bits per heavy atom. The molecule has 3 aromatic heterocycles. The van der Waals surface area contributed by atoms with E-state index in [9.17, 15) is 0 Å². The largest absolute Gasteiger partial charge is 0.371 e. The van der Waals surface area contributed by atoms with Gasteiger partial charge in [0.25, 0.3) is 0 Å². The number of nitrogen functional groups attached to an aromatic ring is 1. The fraction of sp³-hybridized carbons (Fsp3) is 0.200. The van der Waals surface area contributed by atoms with Gasteiger partial charge in [0.2, 0.25) is 5.95 Å². The summed E-state index contributed by atoms with van der Waals surface area (Å²) < 4.78 is 1.71. The fourth-order valence-electron chi connectivity index (χ4n) is 2.40. The van der Waals surface area contributed by atoms with Gasteiger partial charge in [-0.15, -0.1) is 5.10 Å². The van der Waals surface area contributed by atoms with Crippen LogP contribution in [0.2, 0.25) is 0 Å². The molecule has 0 unspecified atom stereocenters. The molecule has 0 radical (unpaired) electrons. The molecule has 22 heavy (non-hydrogen) atoms. The minimum absolute atomic E-state index is 0.218. The van der Waals surface area contributed by atoms with Gasteiger partial charge in [-0.25, -0.2) is 4.52 Å². The average Bonchev–Trinajstić information content (AvgIpc) is 2.92. The van der Waals surface area contributed by atoms with Crippen LogP contribution < -0.4 is 11.1 Å². The highest BCUT2D eigenvalue weighted by Crippen LogP contribution is 2.30. The molecule has 0 aromatic carbocycles. The fourth-order valence-corrected chi connectivity index (χ4v) is 2.40. The highest BCUT2D eigenvalue weighted by Gasteiger charge is 2.14. The number of hydrogen-bond acceptors (Lipinski definition) is 6. The van der Waals surface area contributed by atoms with E-state index in [1.807, 2.05) is 38.2 Å². The molecule has 7 nitrogen and oxygen atoms in total. The summed E-state index contributed by atoms with van der Waals surface area (Å²) in [6, 6.07) is 5.85. The number of rotatable bonds is 3. The van der Waals surface area contributed by atoms with Crippen LogP contribution >= 0.6 is 0 Å². The van der Waals surface area contributed by atoms with E-state index in [0.717, 1.165) is 28.2 Å². The van der Waals surface area contributed by atoms with Gasteiger partial charge in [0.15, 0.2) is 5.82 Å². The Balaban J connectivity index is 2.20. The number of nitrogens with two attached hydrogens (primary N) is 1. The van der Waals surface area contributed by atoms with Crippen LogP contribution in [0, 0.1) is 6.92 Å². The van der Waals surface area contributed by atoms with Crippen molar-refractivity contribution in [1.29, 1.82) is 0 Å². The van der Waals surface area contributed by atoms with Crippen molar-refractivity contribution in [3.63, 3.8) is 0 Å². The third-order valence-corrected chi connectivity index (χ3v) is 3.37. The van der Waals surface area contributed by atoms with Crippen molar-refractivity contribution < 1.29 is 0 Å². The van der Waals surface area contributed by atoms with Gasteiger partial charge < -0.3 is 11.1 Å². The standard InChI is InChI=1S/C15H17N7/c1-4-18-11-5-6-12(19-9(11)2)10-7-8-22-13(10)14(17-3)20-15(16)21-22/h4-8H,1-3H3,(H3,16,17,20,21). The number of fused-ring (bicyclic) bond motifs is 1. The minimum Gasteiger partial charge on any atom is -0.371 e. The van der Waals surface area contributed by atoms with Crippen LogP contribution in [0.1, 0.15) is 12.6 Å². The quantitative estimate of drug-likeness (QED) is 0.724. The molecule has 0 aliphatic rings. The smallest absolute Gasteiger partial charge is 0.240 e. The highest BCUT2D eigenvalue weighted by molar-refractivity contribution is 5.87. The molecule has 3 heterocycles. The summed E-state index contributed by atoms with van der Waals surface area (Å²) in [4.78, 5) is 13.2. The second-order valence-electron chi connectivity index (χ2n) is 4.78. The number of aromatic nitrogens is 4. The maximum atomic E-state index is 5.71. The second kappa shape index (κ2) is 5.44. The summed E-state index contributed by atoms with van der Waals surface area (Å²) >= 11 is 0. The molecular formula is C15H17N7. The Labute approximate surface area is 127 Å². The van der Waals surface area contributed by atoms with Crippen LogP contribution in [0.25, 0.3) is 16.8 Å². The second-order valence-corrected chi connectivity index (χ2v) is 4.78. The zero-order valence-electron chi connectivity index (χ0n) is 12.7. The highest BCUT2D eigenvalue weighted by atomic mass is 15.3. The summed E-state index contributed by atoms with van der Waals surface area (Å²) in [5, 5.41) is 7.24. The van der Waals surface area contributed by atoms with Crippen molar-refractivity contribution in [1.82, 2.24) is 19.6 Å². The SMILES string of the molecule is CC=Nc1ccc(-c2ccn3nc(N)nc(NC)c23)nc1C. The summed E-state index contributed by atoms with van der Waals surface area (Å²) in [6.45, 7) is 3.83. The number of anilines is 2. The molecule has 0 spiro atoms. The number of aliphatic imine (C=N–C) groups is 1. The van der Waals surface area contributed by atoms with E-state index in [1.54, 1.807) is 17.8 Å². The summed E-state index contributed by atoms with van der Waals surface area (Å²) in [6.07, 6.45) is 3.60. The lowest BCUT2D eigenvalue weighted by Gasteiger charge is -2.07. The number of nitrogens with one attached hydrogen (secondary N) is 1. The molecule has 0 fully saturated rings. The van der Waals surface area contributed by atoms with Gasteiger partial charge in [-0.05, 0) is 32.0 Å². The van der Waals surface area contributed by atoms with Crippen LogP contribution in [-0.2, 0) is 0 Å². The Bertz CT molecular complexity index is 864. The molecule has 7 heteroatoms. The third-order valence-electron chi connectivity index (χ3n) is 3.37. The minimum atomic E-state index is 0.218. The van der Waals surface area contributed by atoms with Gasteiger partial charge in [0.05, 0.1) is 17.1 Å². The molecule has 0 atom stereocenters. The van der Waals surface area contributed by atoms with Crippen LogP contribution in [-0.4, -0.2) is 32.8 Å². The third kappa shape index (κ3) is 2.26. The van der Waals surface area contributed by atoms with Crippen molar-refractivity contribution in [2.75, 3.05) is 18.1 Å². The first-order chi connectivity index (χ1) is 10.6. The normalized spacial score (nSPS) is 11.4. The Morgan fingerprint density at radius 2 is 2.09 bits per heavy atom. The summed E-state index contributed by atoms with van der Waals surface area (Å²) in [5.74, 6) is 0.887. The predicted molar refractivity (Wildman–Crippen MR) is 88.7 cm³/mol. The molecular weight excluding hydrogens is 278 g/mol. The van der Waals surface area contributed by atoms with E-state index in [1.165, 1.54) is 0 Å². The van der Waals surface area contributed by atoms with E-state index in [4.69, 9.17) is 5.73 Å². The molecule has 0 saturated carbocycles. The van der Waals surface area contributed by atoms with E-state index < -0.39 is 0 Å². The maximum Gasteiger partial charge on any atom is 0.240 e. The van der Waals surface area contributed by atoms with Crippen molar-refractivity contribution in [3.8, 4) is 11.3 Å². The first kappa shape index (κ1) is 14.0. The van der Waals surface area contributed by atoms with Crippen LogP contribution in [0.15, 0.2) is 29.4 Å². The number of aryl methyl sites for hydroxylation is 1. The Hall–Kier alpha value is -2.96. The van der Waals surface area contributed by atoms with Crippen LogP contribution in [0.5, 0.6) is 0 Å².